The summed E-state index contributed by atoms with van der Waals surface area (Å²) >= 11 is 0. The third-order valence-electron chi connectivity index (χ3n) is 2.93. The molecule has 0 radical (unpaired) electrons. The molecule has 0 spiro atoms. The summed E-state index contributed by atoms with van der Waals surface area (Å²) in [6.45, 7) is 0.514. The SMILES string of the molecule is CSSCC1NCN(C2CSSCCC2=O)C1=O. The number of Topliss-reactive ketones (excluding diaryl/α,β-unsaturated/α-hetero) is 1. The van der Waals surface area contributed by atoms with Gasteiger partial charge in [0.2, 0.25) is 5.91 Å². The van der Waals surface area contributed by atoms with E-state index in [9.17, 15) is 9.59 Å². The summed E-state index contributed by atoms with van der Waals surface area (Å²) in [4.78, 5) is 26.0. The average molecular weight is 325 g/mol. The molecule has 18 heavy (non-hydrogen) atoms. The fourth-order valence-electron chi connectivity index (χ4n) is 1.94. The standard InChI is InChI=1S/C10H16N2O2S4/c1-15-17-4-7-10(14)12(6-11-7)8-5-18-16-3-2-9(8)13/h7-8,11H,2-6H2,1H3. The van der Waals surface area contributed by atoms with Gasteiger partial charge in [-0.15, -0.1) is 0 Å². The van der Waals surface area contributed by atoms with E-state index in [-0.39, 0.29) is 23.8 Å². The van der Waals surface area contributed by atoms with Gasteiger partial charge in [-0.25, -0.2) is 0 Å². The summed E-state index contributed by atoms with van der Waals surface area (Å²) in [6, 6.07) is -0.356. The van der Waals surface area contributed by atoms with Crippen LogP contribution in [0.5, 0.6) is 0 Å². The van der Waals surface area contributed by atoms with Crippen LogP contribution in [0.4, 0.5) is 0 Å². The van der Waals surface area contributed by atoms with Gasteiger partial charge in [-0.1, -0.05) is 43.2 Å². The van der Waals surface area contributed by atoms with Crippen molar-refractivity contribution in [3.63, 3.8) is 0 Å². The number of hydrogen-bond acceptors (Lipinski definition) is 7. The second-order valence-electron chi connectivity index (χ2n) is 4.01. The molecule has 1 N–H and O–H groups in total. The largest absolute Gasteiger partial charge is 0.318 e. The molecule has 0 saturated carbocycles. The molecule has 0 aromatic heterocycles. The number of rotatable bonds is 4. The maximum absolute atomic E-state index is 12.2. The Morgan fingerprint density at radius 1 is 1.44 bits per heavy atom. The van der Waals surface area contributed by atoms with E-state index in [0.29, 0.717) is 13.1 Å². The highest BCUT2D eigenvalue weighted by Gasteiger charge is 2.38. The number of carbonyl (C=O) groups is 2. The van der Waals surface area contributed by atoms with E-state index in [1.54, 1.807) is 48.1 Å². The Balaban J connectivity index is 1.96. The van der Waals surface area contributed by atoms with Crippen LogP contribution >= 0.6 is 43.2 Å². The minimum absolute atomic E-state index is 0.0856. The van der Waals surface area contributed by atoms with Crippen molar-refractivity contribution in [1.29, 1.82) is 0 Å². The van der Waals surface area contributed by atoms with Crippen molar-refractivity contribution in [2.45, 2.75) is 18.5 Å². The first kappa shape index (κ1) is 14.9. The van der Waals surface area contributed by atoms with E-state index >= 15 is 0 Å². The Kier molecular flexibility index (Phi) is 6.07. The first-order chi connectivity index (χ1) is 8.74. The van der Waals surface area contributed by atoms with E-state index in [4.69, 9.17) is 0 Å². The van der Waals surface area contributed by atoms with Crippen molar-refractivity contribution in [3.05, 3.63) is 0 Å². The summed E-state index contributed by atoms with van der Waals surface area (Å²) in [7, 11) is 6.77. The van der Waals surface area contributed by atoms with Crippen LogP contribution in [0.1, 0.15) is 6.42 Å². The molecule has 1 amide bonds. The first-order valence-electron chi connectivity index (χ1n) is 5.70. The molecule has 0 aromatic rings. The Hall–Kier alpha value is 0.500. The zero-order chi connectivity index (χ0) is 13.0. The van der Waals surface area contributed by atoms with E-state index in [1.165, 1.54) is 0 Å². The van der Waals surface area contributed by atoms with Crippen molar-refractivity contribution in [2.24, 2.45) is 0 Å². The summed E-state index contributed by atoms with van der Waals surface area (Å²) in [5, 5.41) is 3.20. The molecular weight excluding hydrogens is 308 g/mol. The zero-order valence-corrected chi connectivity index (χ0v) is 13.4. The topological polar surface area (TPSA) is 49.4 Å². The molecule has 2 fully saturated rings. The Morgan fingerprint density at radius 3 is 3.06 bits per heavy atom. The van der Waals surface area contributed by atoms with Gasteiger partial charge in [-0.2, -0.15) is 0 Å². The molecule has 2 atom stereocenters. The molecule has 2 heterocycles. The van der Waals surface area contributed by atoms with E-state index in [2.05, 4.69) is 5.32 Å². The number of hydrogen-bond donors (Lipinski definition) is 1. The number of nitrogens with zero attached hydrogens (tertiary/aromatic N) is 1. The second kappa shape index (κ2) is 7.33. The lowest BCUT2D eigenvalue weighted by Crippen LogP contribution is -2.45. The normalized spacial score (nSPS) is 29.7. The van der Waals surface area contributed by atoms with Gasteiger partial charge in [-0.05, 0) is 6.26 Å². The molecule has 2 aliphatic rings. The molecule has 2 aliphatic heterocycles. The summed E-state index contributed by atoms with van der Waals surface area (Å²) in [5.74, 6) is 2.64. The van der Waals surface area contributed by atoms with Crippen LogP contribution in [0.15, 0.2) is 0 Å². The molecule has 2 unspecified atom stereocenters. The molecule has 8 heteroatoms. The van der Waals surface area contributed by atoms with Crippen LogP contribution in [-0.2, 0) is 9.59 Å². The quantitative estimate of drug-likeness (QED) is 0.786. The predicted octanol–water partition coefficient (Wildman–Crippen LogP) is 1.48. The minimum atomic E-state index is -0.228. The third kappa shape index (κ3) is 3.53. The van der Waals surface area contributed by atoms with Crippen LogP contribution in [0.2, 0.25) is 0 Å². The first-order valence-corrected chi connectivity index (χ1v) is 10.9. The molecule has 102 valence electrons. The van der Waals surface area contributed by atoms with Crippen molar-refractivity contribution >= 4 is 54.9 Å². The van der Waals surface area contributed by atoms with Crippen molar-refractivity contribution in [2.75, 3.05) is 30.2 Å². The smallest absolute Gasteiger partial charge is 0.242 e. The number of ketones is 1. The van der Waals surface area contributed by atoms with Crippen molar-refractivity contribution in [1.82, 2.24) is 10.2 Å². The highest BCUT2D eigenvalue weighted by atomic mass is 33.1. The van der Waals surface area contributed by atoms with Crippen LogP contribution in [0, 0.1) is 0 Å². The highest BCUT2D eigenvalue weighted by molar-refractivity contribution is 8.76. The summed E-state index contributed by atoms with van der Waals surface area (Å²) < 4.78 is 0. The monoisotopic (exact) mass is 324 g/mol. The van der Waals surface area contributed by atoms with Crippen molar-refractivity contribution < 1.29 is 9.59 Å². The molecule has 0 aliphatic carbocycles. The molecule has 4 nitrogen and oxygen atoms in total. The van der Waals surface area contributed by atoms with Gasteiger partial charge < -0.3 is 4.90 Å². The number of nitrogens with one attached hydrogen (secondary N) is 1. The van der Waals surface area contributed by atoms with Gasteiger partial charge in [-0.3, -0.25) is 14.9 Å². The van der Waals surface area contributed by atoms with Gasteiger partial charge in [0.1, 0.15) is 6.04 Å². The zero-order valence-electron chi connectivity index (χ0n) is 10.1. The lowest BCUT2D eigenvalue weighted by Gasteiger charge is -2.24. The predicted molar refractivity (Wildman–Crippen MR) is 82.9 cm³/mol. The lowest BCUT2D eigenvalue weighted by atomic mass is 10.1. The third-order valence-corrected chi connectivity index (χ3v) is 7.15. The molecular formula is C10H16N2O2S4. The second-order valence-corrected chi connectivity index (χ2v) is 9.25. The van der Waals surface area contributed by atoms with Gasteiger partial charge in [0.15, 0.2) is 5.78 Å². The summed E-state index contributed by atoms with van der Waals surface area (Å²) in [6.07, 6.45) is 2.58. The van der Waals surface area contributed by atoms with Crippen molar-refractivity contribution in [3.8, 4) is 0 Å². The molecule has 2 rings (SSSR count). The summed E-state index contributed by atoms with van der Waals surface area (Å²) in [5.41, 5.74) is 0. The van der Waals surface area contributed by atoms with E-state index in [0.717, 1.165) is 17.3 Å². The van der Waals surface area contributed by atoms with Gasteiger partial charge in [0.05, 0.1) is 12.7 Å². The number of amides is 1. The Labute approximate surface area is 123 Å². The fraction of sp³-hybridized carbons (Fsp3) is 0.800. The van der Waals surface area contributed by atoms with Crippen LogP contribution in [0.3, 0.4) is 0 Å². The number of carbonyl (C=O) groups excluding carboxylic acids is 2. The van der Waals surface area contributed by atoms with Crippen LogP contribution < -0.4 is 5.32 Å². The Bertz CT molecular complexity index is 329. The fourth-order valence-corrected chi connectivity index (χ4v) is 5.56. The van der Waals surface area contributed by atoms with Gasteiger partial charge in [0, 0.05) is 23.7 Å². The van der Waals surface area contributed by atoms with Gasteiger partial charge in [0.25, 0.3) is 0 Å². The van der Waals surface area contributed by atoms with Crippen LogP contribution in [0.25, 0.3) is 0 Å². The maximum Gasteiger partial charge on any atom is 0.242 e. The lowest BCUT2D eigenvalue weighted by molar-refractivity contribution is -0.135. The molecule has 2 saturated heterocycles. The Morgan fingerprint density at radius 2 is 2.28 bits per heavy atom. The average Bonchev–Trinajstić information content (AvgIpc) is 2.58. The minimum Gasteiger partial charge on any atom is -0.318 e. The van der Waals surface area contributed by atoms with Gasteiger partial charge >= 0.3 is 0 Å². The maximum atomic E-state index is 12.2. The highest BCUT2D eigenvalue weighted by Crippen LogP contribution is 2.30. The van der Waals surface area contributed by atoms with E-state index < -0.39 is 0 Å². The molecule has 0 bridgehead atoms. The van der Waals surface area contributed by atoms with Crippen LogP contribution in [-0.4, -0.2) is 58.9 Å². The van der Waals surface area contributed by atoms with E-state index in [1.807, 2.05) is 6.26 Å². The molecule has 0 aromatic carbocycles.